The monoisotopic (exact) mass is 353 g/mol. The second-order valence-electron chi connectivity index (χ2n) is 4.93. The Hall–Kier alpha value is -1.14. The molecule has 0 aliphatic carbocycles. The van der Waals surface area contributed by atoms with Gasteiger partial charge in [0.2, 0.25) is 0 Å². The lowest BCUT2D eigenvalue weighted by molar-refractivity contribution is 0.352. The van der Waals surface area contributed by atoms with Crippen LogP contribution in [0.15, 0.2) is 16.6 Å². The molecule has 1 aliphatic heterocycles. The molecule has 2 heterocycles. The van der Waals surface area contributed by atoms with Crippen LogP contribution in [0, 0.1) is 4.77 Å². The van der Waals surface area contributed by atoms with Gasteiger partial charge in [-0.2, -0.15) is 5.10 Å². The Morgan fingerprint density at radius 1 is 1.50 bits per heavy atom. The number of fused-ring (bicyclic) bond motifs is 1. The third-order valence-electron chi connectivity index (χ3n) is 3.46. The van der Waals surface area contributed by atoms with E-state index in [1.807, 2.05) is 0 Å². The fourth-order valence-corrected chi connectivity index (χ4v) is 3.33. The molecule has 0 spiro atoms. The average Bonchev–Trinajstić information content (AvgIpc) is 3.00. The SMILES string of the molecule is CCCc1n[nH]c(=S)n1Cc1cc(Br)cc2c1OCC2. The fourth-order valence-electron chi connectivity index (χ4n) is 2.56. The predicted molar refractivity (Wildman–Crippen MR) is 83.8 cm³/mol. The molecule has 2 aromatic rings. The summed E-state index contributed by atoms with van der Waals surface area (Å²) < 4.78 is 9.59. The number of rotatable bonds is 4. The summed E-state index contributed by atoms with van der Waals surface area (Å²) in [5, 5.41) is 7.20. The number of aryl methyl sites for hydroxylation is 1. The maximum atomic E-state index is 5.77. The summed E-state index contributed by atoms with van der Waals surface area (Å²) >= 11 is 8.91. The highest BCUT2D eigenvalue weighted by molar-refractivity contribution is 9.10. The molecule has 0 unspecified atom stereocenters. The van der Waals surface area contributed by atoms with Crippen LogP contribution in [0.1, 0.15) is 30.3 Å². The van der Waals surface area contributed by atoms with Crippen LogP contribution in [-0.4, -0.2) is 21.4 Å². The Morgan fingerprint density at radius 3 is 3.15 bits per heavy atom. The van der Waals surface area contributed by atoms with Crippen molar-refractivity contribution in [3.8, 4) is 5.75 Å². The van der Waals surface area contributed by atoms with E-state index in [4.69, 9.17) is 17.0 Å². The van der Waals surface area contributed by atoms with Crippen LogP contribution < -0.4 is 4.74 Å². The van der Waals surface area contributed by atoms with Crippen LogP contribution in [0.5, 0.6) is 5.75 Å². The molecule has 1 N–H and O–H groups in total. The summed E-state index contributed by atoms with van der Waals surface area (Å²) in [7, 11) is 0. The number of H-pyrrole nitrogens is 1. The Balaban J connectivity index is 2.00. The zero-order chi connectivity index (χ0) is 14.1. The first kappa shape index (κ1) is 13.8. The van der Waals surface area contributed by atoms with Crippen molar-refractivity contribution >= 4 is 28.1 Å². The van der Waals surface area contributed by atoms with E-state index < -0.39 is 0 Å². The first-order valence-corrected chi connectivity index (χ1v) is 7.97. The maximum Gasteiger partial charge on any atom is 0.195 e. The zero-order valence-corrected chi connectivity index (χ0v) is 13.7. The molecule has 1 aromatic carbocycles. The van der Waals surface area contributed by atoms with Crippen LogP contribution in [0.3, 0.4) is 0 Å². The highest BCUT2D eigenvalue weighted by Gasteiger charge is 2.18. The van der Waals surface area contributed by atoms with Crippen molar-refractivity contribution in [2.45, 2.75) is 32.7 Å². The van der Waals surface area contributed by atoms with Crippen molar-refractivity contribution in [3.63, 3.8) is 0 Å². The molecule has 0 fully saturated rings. The smallest absolute Gasteiger partial charge is 0.195 e. The topological polar surface area (TPSA) is 42.8 Å². The highest BCUT2D eigenvalue weighted by atomic mass is 79.9. The van der Waals surface area contributed by atoms with Gasteiger partial charge in [-0.05, 0) is 36.3 Å². The van der Waals surface area contributed by atoms with E-state index in [-0.39, 0.29) is 0 Å². The summed E-state index contributed by atoms with van der Waals surface area (Å²) in [6.45, 7) is 3.60. The minimum absolute atomic E-state index is 0.667. The number of benzene rings is 1. The molecule has 0 atom stereocenters. The third kappa shape index (κ3) is 2.54. The van der Waals surface area contributed by atoms with Gasteiger partial charge in [0.05, 0.1) is 13.2 Å². The number of ether oxygens (including phenoxy) is 1. The largest absolute Gasteiger partial charge is 0.493 e. The van der Waals surface area contributed by atoms with Gasteiger partial charge in [-0.3, -0.25) is 9.67 Å². The molecule has 6 heteroatoms. The summed E-state index contributed by atoms with van der Waals surface area (Å²) in [6, 6.07) is 4.24. The van der Waals surface area contributed by atoms with Crippen LogP contribution in [0.25, 0.3) is 0 Å². The third-order valence-corrected chi connectivity index (χ3v) is 4.23. The number of aromatic nitrogens is 3. The van der Waals surface area contributed by atoms with E-state index in [1.54, 1.807) is 0 Å². The number of nitrogens with one attached hydrogen (secondary N) is 1. The van der Waals surface area contributed by atoms with Gasteiger partial charge < -0.3 is 4.74 Å². The summed E-state index contributed by atoms with van der Waals surface area (Å²) in [5.41, 5.74) is 2.42. The van der Waals surface area contributed by atoms with E-state index >= 15 is 0 Å². The van der Waals surface area contributed by atoms with E-state index in [0.29, 0.717) is 11.3 Å². The number of hydrogen-bond acceptors (Lipinski definition) is 3. The Kier molecular flexibility index (Phi) is 3.94. The number of aromatic amines is 1. The highest BCUT2D eigenvalue weighted by Crippen LogP contribution is 2.33. The molecule has 4 nitrogen and oxygen atoms in total. The molecular formula is C14H16BrN3OS. The second-order valence-corrected chi connectivity index (χ2v) is 6.24. The van der Waals surface area contributed by atoms with Crippen LogP contribution in [0.4, 0.5) is 0 Å². The van der Waals surface area contributed by atoms with Gasteiger partial charge in [-0.25, -0.2) is 0 Å². The maximum absolute atomic E-state index is 5.77. The van der Waals surface area contributed by atoms with Gasteiger partial charge >= 0.3 is 0 Å². The lowest BCUT2D eigenvalue weighted by Crippen LogP contribution is -2.06. The summed E-state index contributed by atoms with van der Waals surface area (Å²) in [6.07, 6.45) is 2.94. The van der Waals surface area contributed by atoms with Crippen molar-refractivity contribution in [2.75, 3.05) is 6.61 Å². The number of halogens is 1. The average molecular weight is 354 g/mol. The van der Waals surface area contributed by atoms with Gasteiger partial charge in [0, 0.05) is 22.9 Å². The van der Waals surface area contributed by atoms with E-state index in [2.05, 4.69) is 49.8 Å². The van der Waals surface area contributed by atoms with E-state index in [9.17, 15) is 0 Å². The van der Waals surface area contributed by atoms with Crippen molar-refractivity contribution in [2.24, 2.45) is 0 Å². The minimum Gasteiger partial charge on any atom is -0.493 e. The van der Waals surface area contributed by atoms with Crippen LogP contribution in [0.2, 0.25) is 0 Å². The quantitative estimate of drug-likeness (QED) is 0.853. The molecule has 0 bridgehead atoms. The number of hydrogen-bond donors (Lipinski definition) is 1. The van der Waals surface area contributed by atoms with Crippen LogP contribution >= 0.6 is 28.1 Å². The fraction of sp³-hybridized carbons (Fsp3) is 0.429. The molecule has 3 rings (SSSR count). The summed E-state index contributed by atoms with van der Waals surface area (Å²) in [4.78, 5) is 0. The molecule has 1 aromatic heterocycles. The normalized spacial score (nSPS) is 13.3. The Morgan fingerprint density at radius 2 is 2.35 bits per heavy atom. The van der Waals surface area contributed by atoms with Crippen LogP contribution in [-0.2, 0) is 19.4 Å². The molecule has 0 radical (unpaired) electrons. The molecule has 0 amide bonds. The zero-order valence-electron chi connectivity index (χ0n) is 11.3. The molecule has 0 saturated heterocycles. The first-order chi connectivity index (χ1) is 9.69. The van der Waals surface area contributed by atoms with Gasteiger partial charge in [0.25, 0.3) is 0 Å². The van der Waals surface area contributed by atoms with Crippen molar-refractivity contribution in [1.29, 1.82) is 0 Å². The molecule has 20 heavy (non-hydrogen) atoms. The Labute approximate surface area is 131 Å². The first-order valence-electron chi connectivity index (χ1n) is 6.77. The molecule has 106 valence electrons. The van der Waals surface area contributed by atoms with Gasteiger partial charge in [-0.15, -0.1) is 0 Å². The number of nitrogens with zero attached hydrogens (tertiary/aromatic N) is 2. The van der Waals surface area contributed by atoms with Gasteiger partial charge in [-0.1, -0.05) is 22.9 Å². The van der Waals surface area contributed by atoms with Gasteiger partial charge in [0.15, 0.2) is 4.77 Å². The van der Waals surface area contributed by atoms with Crippen molar-refractivity contribution < 1.29 is 4.74 Å². The molecular weight excluding hydrogens is 338 g/mol. The van der Waals surface area contributed by atoms with Crippen molar-refractivity contribution in [1.82, 2.24) is 14.8 Å². The predicted octanol–water partition coefficient (Wildman–Crippen LogP) is 3.64. The van der Waals surface area contributed by atoms with E-state index in [1.165, 1.54) is 5.56 Å². The Bertz CT molecular complexity index is 692. The van der Waals surface area contributed by atoms with Crippen molar-refractivity contribution in [3.05, 3.63) is 38.3 Å². The standard InChI is InChI=1S/C14H16BrN3OS/c1-2-3-12-16-17-14(20)18(12)8-10-7-11(15)6-9-4-5-19-13(9)10/h6-7H,2-5,8H2,1H3,(H,17,20). The van der Waals surface area contributed by atoms with Gasteiger partial charge in [0.1, 0.15) is 11.6 Å². The lowest BCUT2D eigenvalue weighted by atomic mass is 10.1. The van der Waals surface area contributed by atoms with E-state index in [0.717, 1.165) is 47.5 Å². The minimum atomic E-state index is 0.667. The molecule has 0 saturated carbocycles. The molecule has 1 aliphatic rings. The lowest BCUT2D eigenvalue weighted by Gasteiger charge is -2.11. The second kappa shape index (κ2) is 5.69. The summed E-state index contributed by atoms with van der Waals surface area (Å²) in [5.74, 6) is 2.02.